The number of nitrogens with one attached hydrogen (secondary N) is 2. The molecule has 26 heavy (non-hydrogen) atoms. The second-order valence-corrected chi connectivity index (χ2v) is 5.88. The SMILES string of the molecule is Cc1nc2cc(NC(=O)C(C)NC(=O)/C=C/c3ccccc3)ccc2o1. The van der Waals surface area contributed by atoms with Crippen molar-refractivity contribution in [2.24, 2.45) is 0 Å². The molecule has 0 fully saturated rings. The van der Waals surface area contributed by atoms with Crippen molar-refractivity contribution in [2.45, 2.75) is 19.9 Å². The first-order valence-corrected chi connectivity index (χ1v) is 8.23. The maximum Gasteiger partial charge on any atom is 0.246 e. The maximum atomic E-state index is 12.3. The summed E-state index contributed by atoms with van der Waals surface area (Å²) in [5, 5.41) is 5.40. The fraction of sp³-hybridized carbons (Fsp3) is 0.150. The highest BCUT2D eigenvalue weighted by Gasteiger charge is 2.15. The molecule has 6 heteroatoms. The van der Waals surface area contributed by atoms with Crippen molar-refractivity contribution in [3.63, 3.8) is 0 Å². The van der Waals surface area contributed by atoms with Gasteiger partial charge < -0.3 is 15.1 Å². The molecule has 0 spiro atoms. The minimum absolute atomic E-state index is 0.314. The summed E-state index contributed by atoms with van der Waals surface area (Å²) in [6, 6.07) is 14.0. The van der Waals surface area contributed by atoms with E-state index in [2.05, 4.69) is 15.6 Å². The van der Waals surface area contributed by atoms with Crippen LogP contribution in [0.25, 0.3) is 17.2 Å². The molecule has 3 rings (SSSR count). The molecule has 132 valence electrons. The summed E-state index contributed by atoms with van der Waals surface area (Å²) < 4.78 is 5.40. The van der Waals surface area contributed by atoms with E-state index in [1.807, 2.05) is 30.3 Å². The van der Waals surface area contributed by atoms with Crippen molar-refractivity contribution in [2.75, 3.05) is 5.32 Å². The van der Waals surface area contributed by atoms with Crippen molar-refractivity contribution in [3.8, 4) is 0 Å². The Morgan fingerprint density at radius 1 is 1.15 bits per heavy atom. The van der Waals surface area contributed by atoms with Crippen LogP contribution < -0.4 is 10.6 Å². The van der Waals surface area contributed by atoms with Gasteiger partial charge in [-0.2, -0.15) is 0 Å². The topological polar surface area (TPSA) is 84.2 Å². The molecule has 1 aromatic heterocycles. The van der Waals surface area contributed by atoms with E-state index in [1.165, 1.54) is 6.08 Å². The van der Waals surface area contributed by atoms with Crippen molar-refractivity contribution in [1.82, 2.24) is 10.3 Å². The fourth-order valence-electron chi connectivity index (χ4n) is 2.43. The lowest BCUT2D eigenvalue weighted by Gasteiger charge is -2.13. The number of hydrogen-bond acceptors (Lipinski definition) is 4. The number of aryl methyl sites for hydroxylation is 1. The summed E-state index contributed by atoms with van der Waals surface area (Å²) in [7, 11) is 0. The van der Waals surface area contributed by atoms with Crippen LogP contribution >= 0.6 is 0 Å². The summed E-state index contributed by atoms with van der Waals surface area (Å²) >= 11 is 0. The number of fused-ring (bicyclic) bond motifs is 1. The van der Waals surface area contributed by atoms with Crippen LogP contribution in [-0.4, -0.2) is 22.8 Å². The Balaban J connectivity index is 1.58. The number of anilines is 1. The van der Waals surface area contributed by atoms with Crippen LogP contribution in [0.1, 0.15) is 18.4 Å². The minimum atomic E-state index is -0.683. The second-order valence-electron chi connectivity index (χ2n) is 5.88. The molecular formula is C20H19N3O3. The van der Waals surface area contributed by atoms with E-state index in [-0.39, 0.29) is 11.8 Å². The second kappa shape index (κ2) is 7.65. The number of carbonyl (C=O) groups excluding carboxylic acids is 2. The molecule has 0 aliphatic carbocycles. The van der Waals surface area contributed by atoms with E-state index in [4.69, 9.17) is 4.42 Å². The summed E-state index contributed by atoms with van der Waals surface area (Å²) in [6.45, 7) is 3.39. The molecule has 0 aliphatic rings. The standard InChI is InChI=1S/C20H19N3O3/c1-13(21-19(24)11-8-15-6-4-3-5-7-15)20(25)23-16-9-10-18-17(12-16)22-14(2)26-18/h3-13H,1-2H3,(H,21,24)(H,23,25)/b11-8+. The Hall–Kier alpha value is -3.41. The van der Waals surface area contributed by atoms with Gasteiger partial charge in [0, 0.05) is 18.7 Å². The largest absolute Gasteiger partial charge is 0.441 e. The molecule has 1 heterocycles. The van der Waals surface area contributed by atoms with E-state index < -0.39 is 6.04 Å². The van der Waals surface area contributed by atoms with Gasteiger partial charge in [0.2, 0.25) is 11.8 Å². The zero-order chi connectivity index (χ0) is 18.5. The lowest BCUT2D eigenvalue weighted by Crippen LogP contribution is -2.40. The van der Waals surface area contributed by atoms with E-state index in [1.54, 1.807) is 38.1 Å². The summed E-state index contributed by atoms with van der Waals surface area (Å²) in [4.78, 5) is 28.5. The third kappa shape index (κ3) is 4.36. The third-order valence-corrected chi connectivity index (χ3v) is 3.74. The van der Waals surface area contributed by atoms with Gasteiger partial charge >= 0.3 is 0 Å². The Bertz CT molecular complexity index is 961. The van der Waals surface area contributed by atoms with Crippen LogP contribution in [-0.2, 0) is 9.59 Å². The van der Waals surface area contributed by atoms with Gasteiger partial charge in [-0.1, -0.05) is 30.3 Å². The van der Waals surface area contributed by atoms with Gasteiger partial charge in [-0.05, 0) is 36.8 Å². The normalized spacial score (nSPS) is 12.2. The summed E-state index contributed by atoms with van der Waals surface area (Å²) in [5.74, 6) is -0.0839. The number of nitrogens with zero attached hydrogens (tertiary/aromatic N) is 1. The molecule has 0 saturated heterocycles. The van der Waals surface area contributed by atoms with Crippen LogP contribution in [0.5, 0.6) is 0 Å². The molecule has 0 saturated carbocycles. The number of hydrogen-bond donors (Lipinski definition) is 2. The molecule has 0 radical (unpaired) electrons. The van der Waals surface area contributed by atoms with Gasteiger partial charge in [-0.3, -0.25) is 9.59 Å². The summed E-state index contributed by atoms with van der Waals surface area (Å²) in [5.41, 5.74) is 2.84. The highest BCUT2D eigenvalue weighted by Crippen LogP contribution is 2.19. The Morgan fingerprint density at radius 3 is 2.69 bits per heavy atom. The van der Waals surface area contributed by atoms with Crippen LogP contribution in [0, 0.1) is 6.92 Å². The first-order chi connectivity index (χ1) is 12.5. The molecule has 1 unspecified atom stereocenters. The highest BCUT2D eigenvalue weighted by molar-refractivity contribution is 6.00. The van der Waals surface area contributed by atoms with E-state index >= 15 is 0 Å². The molecule has 3 aromatic rings. The van der Waals surface area contributed by atoms with E-state index in [9.17, 15) is 9.59 Å². The van der Waals surface area contributed by atoms with Crippen molar-refractivity contribution < 1.29 is 14.0 Å². The van der Waals surface area contributed by atoms with Crippen LogP contribution in [0.2, 0.25) is 0 Å². The average molecular weight is 349 g/mol. The minimum Gasteiger partial charge on any atom is -0.441 e. The summed E-state index contributed by atoms with van der Waals surface area (Å²) in [6.07, 6.45) is 3.10. The van der Waals surface area contributed by atoms with Gasteiger partial charge in [-0.15, -0.1) is 0 Å². The van der Waals surface area contributed by atoms with Gasteiger partial charge in [-0.25, -0.2) is 4.98 Å². The Kier molecular flexibility index (Phi) is 5.12. The van der Waals surface area contributed by atoms with E-state index in [0.29, 0.717) is 22.7 Å². The monoisotopic (exact) mass is 349 g/mol. The van der Waals surface area contributed by atoms with Crippen molar-refractivity contribution >= 4 is 34.7 Å². The predicted molar refractivity (Wildman–Crippen MR) is 100 cm³/mol. The first-order valence-electron chi connectivity index (χ1n) is 8.23. The van der Waals surface area contributed by atoms with Crippen molar-refractivity contribution in [1.29, 1.82) is 0 Å². The predicted octanol–water partition coefficient (Wildman–Crippen LogP) is 3.29. The van der Waals surface area contributed by atoms with Crippen LogP contribution in [0.3, 0.4) is 0 Å². The fourth-order valence-corrected chi connectivity index (χ4v) is 2.43. The zero-order valence-electron chi connectivity index (χ0n) is 14.5. The Morgan fingerprint density at radius 2 is 1.92 bits per heavy atom. The van der Waals surface area contributed by atoms with Crippen LogP contribution in [0.15, 0.2) is 59.0 Å². The van der Waals surface area contributed by atoms with E-state index in [0.717, 1.165) is 5.56 Å². The molecule has 0 aliphatic heterocycles. The third-order valence-electron chi connectivity index (χ3n) is 3.74. The average Bonchev–Trinajstić information content (AvgIpc) is 3.00. The number of carbonyl (C=O) groups is 2. The number of oxazole rings is 1. The molecule has 6 nitrogen and oxygen atoms in total. The molecule has 2 N–H and O–H groups in total. The number of aromatic nitrogens is 1. The molecule has 1 atom stereocenters. The van der Waals surface area contributed by atoms with Gasteiger partial charge in [0.1, 0.15) is 11.6 Å². The van der Waals surface area contributed by atoms with Gasteiger partial charge in [0.05, 0.1) is 0 Å². The number of benzene rings is 2. The highest BCUT2D eigenvalue weighted by atomic mass is 16.3. The molecular weight excluding hydrogens is 330 g/mol. The Labute approximate surface area is 150 Å². The van der Waals surface area contributed by atoms with Gasteiger partial charge in [0.15, 0.2) is 11.5 Å². The maximum absolute atomic E-state index is 12.3. The first kappa shape index (κ1) is 17.4. The zero-order valence-corrected chi connectivity index (χ0v) is 14.5. The van der Waals surface area contributed by atoms with Gasteiger partial charge in [0.25, 0.3) is 0 Å². The van der Waals surface area contributed by atoms with Crippen molar-refractivity contribution in [3.05, 3.63) is 66.1 Å². The number of amides is 2. The number of rotatable bonds is 5. The lowest BCUT2D eigenvalue weighted by atomic mass is 10.2. The molecule has 0 bridgehead atoms. The lowest BCUT2D eigenvalue weighted by molar-refractivity contribution is -0.123. The van der Waals surface area contributed by atoms with Crippen LogP contribution in [0.4, 0.5) is 5.69 Å². The smallest absolute Gasteiger partial charge is 0.246 e. The molecule has 2 amide bonds. The quantitative estimate of drug-likeness (QED) is 0.692. The molecule has 2 aromatic carbocycles.